The molecule has 0 aliphatic rings. The lowest BCUT2D eigenvalue weighted by molar-refractivity contribution is 0.255. The number of nitrogens with two attached hydrogens (primary N) is 1. The molecule has 0 saturated carbocycles. The fraction of sp³-hybridized carbons (Fsp3) is 0.238. The third-order valence-electron chi connectivity index (χ3n) is 4.47. The molecule has 0 spiro atoms. The Morgan fingerprint density at radius 2 is 1.69 bits per heavy atom. The molecule has 152 valence electrons. The van der Waals surface area contributed by atoms with Crippen molar-refractivity contribution in [3.8, 4) is 11.3 Å². The second-order valence-electron chi connectivity index (χ2n) is 7.65. The zero-order valence-corrected chi connectivity index (χ0v) is 18.1. The molecule has 3 rings (SSSR count). The fourth-order valence-corrected chi connectivity index (χ4v) is 3.49. The third-order valence-corrected chi connectivity index (χ3v) is 5.10. The molecule has 0 aliphatic carbocycles. The second-order valence-corrected chi connectivity index (χ2v) is 8.46. The summed E-state index contributed by atoms with van der Waals surface area (Å²) in [4.78, 5) is 12.3. The lowest BCUT2D eigenvalue weighted by atomic mass is 9.87. The number of halogens is 2. The molecular formula is C21H22Cl2N4O2. The normalized spacial score (nSPS) is 11.4. The van der Waals surface area contributed by atoms with Crippen LogP contribution < -0.4 is 16.2 Å². The molecule has 3 N–H and O–H groups in total. The van der Waals surface area contributed by atoms with Crippen LogP contribution >= 0.6 is 23.2 Å². The van der Waals surface area contributed by atoms with E-state index in [4.69, 9.17) is 33.5 Å². The van der Waals surface area contributed by atoms with Crippen LogP contribution in [-0.2, 0) is 5.41 Å². The summed E-state index contributed by atoms with van der Waals surface area (Å²) in [6.45, 7) is 8.07. The number of nitrogens with zero attached hydrogens (tertiary/aromatic N) is 2. The first-order chi connectivity index (χ1) is 13.6. The minimum Gasteiger partial charge on any atom is -0.359 e. The van der Waals surface area contributed by atoms with E-state index in [-0.39, 0.29) is 5.41 Å². The summed E-state index contributed by atoms with van der Waals surface area (Å²) in [7, 11) is 0. The van der Waals surface area contributed by atoms with E-state index in [0.717, 1.165) is 0 Å². The van der Waals surface area contributed by atoms with Gasteiger partial charge in [-0.2, -0.15) is 5.01 Å². The summed E-state index contributed by atoms with van der Waals surface area (Å²) in [5.74, 6) is 0.383. The topological polar surface area (TPSA) is 84.4 Å². The van der Waals surface area contributed by atoms with Gasteiger partial charge >= 0.3 is 6.03 Å². The summed E-state index contributed by atoms with van der Waals surface area (Å²) in [6.07, 6.45) is 0. The highest BCUT2D eigenvalue weighted by molar-refractivity contribution is 6.39. The molecule has 0 atom stereocenters. The maximum absolute atomic E-state index is 12.3. The third kappa shape index (κ3) is 4.33. The average molecular weight is 433 g/mol. The average Bonchev–Trinajstić information content (AvgIpc) is 3.00. The number of aryl methyl sites for hydroxylation is 1. The number of nitrogens with one attached hydrogen (secondary N) is 1. The Morgan fingerprint density at radius 1 is 1.10 bits per heavy atom. The van der Waals surface area contributed by atoms with Gasteiger partial charge in [0.25, 0.3) is 0 Å². The van der Waals surface area contributed by atoms with E-state index in [1.54, 1.807) is 25.1 Å². The monoisotopic (exact) mass is 432 g/mol. The maximum atomic E-state index is 12.3. The number of hydrogen-bond acceptors (Lipinski definition) is 4. The number of hydrazine groups is 1. The summed E-state index contributed by atoms with van der Waals surface area (Å²) in [5.41, 5.74) is 11.6. The molecule has 0 unspecified atom stereocenters. The number of carbonyl (C=O) groups is 1. The number of amides is 2. The number of anilines is 2. The Labute approximate surface area is 179 Å². The van der Waals surface area contributed by atoms with Crippen LogP contribution in [0.2, 0.25) is 10.0 Å². The van der Waals surface area contributed by atoms with E-state index in [2.05, 4.69) is 31.4 Å². The van der Waals surface area contributed by atoms with Crippen LogP contribution in [0.1, 0.15) is 32.1 Å². The van der Waals surface area contributed by atoms with E-state index in [0.29, 0.717) is 38.4 Å². The summed E-state index contributed by atoms with van der Waals surface area (Å²) >= 11 is 12.7. The van der Waals surface area contributed by atoms with Crippen LogP contribution in [0, 0.1) is 6.92 Å². The van der Waals surface area contributed by atoms with Gasteiger partial charge in [-0.25, -0.2) is 4.79 Å². The number of carbonyl (C=O) groups excluding carboxylic acids is 1. The van der Waals surface area contributed by atoms with Crippen molar-refractivity contribution in [2.24, 2.45) is 5.73 Å². The fourth-order valence-electron chi connectivity index (χ4n) is 2.91. The Bertz CT molecular complexity index is 1020. The first-order valence-electron chi connectivity index (χ1n) is 8.97. The summed E-state index contributed by atoms with van der Waals surface area (Å²) in [6, 6.07) is 12.1. The van der Waals surface area contributed by atoms with Gasteiger partial charge in [0.1, 0.15) is 11.4 Å². The van der Waals surface area contributed by atoms with Crippen LogP contribution in [0.25, 0.3) is 11.3 Å². The molecule has 3 aromatic rings. The molecular weight excluding hydrogens is 411 g/mol. The molecule has 2 amide bonds. The first kappa shape index (κ1) is 21.0. The van der Waals surface area contributed by atoms with Gasteiger partial charge in [-0.05, 0) is 42.2 Å². The maximum Gasteiger partial charge on any atom is 0.338 e. The predicted octanol–water partition coefficient (Wildman–Crippen LogP) is 6.17. The SMILES string of the molecule is Cc1onc(-c2c(Cl)cccc2Cl)c1N(Nc1ccc(C(C)(C)C)cc1)C(N)=O. The predicted molar refractivity (Wildman–Crippen MR) is 118 cm³/mol. The number of urea groups is 1. The van der Waals surface area contributed by atoms with Gasteiger partial charge in [-0.15, -0.1) is 0 Å². The van der Waals surface area contributed by atoms with Gasteiger partial charge in [-0.3, -0.25) is 5.43 Å². The van der Waals surface area contributed by atoms with E-state index in [1.165, 1.54) is 10.6 Å². The highest BCUT2D eigenvalue weighted by atomic mass is 35.5. The van der Waals surface area contributed by atoms with Crippen LogP contribution in [-0.4, -0.2) is 11.2 Å². The quantitative estimate of drug-likeness (QED) is 0.482. The minimum atomic E-state index is -0.736. The molecule has 6 nitrogen and oxygen atoms in total. The molecule has 1 aromatic heterocycles. The van der Waals surface area contributed by atoms with E-state index < -0.39 is 6.03 Å². The zero-order valence-electron chi connectivity index (χ0n) is 16.6. The van der Waals surface area contributed by atoms with Crippen LogP contribution in [0.5, 0.6) is 0 Å². The van der Waals surface area contributed by atoms with E-state index in [1.807, 2.05) is 24.3 Å². The molecule has 0 bridgehead atoms. The van der Waals surface area contributed by atoms with Crippen molar-refractivity contribution in [1.29, 1.82) is 0 Å². The highest BCUT2D eigenvalue weighted by Crippen LogP contribution is 2.41. The van der Waals surface area contributed by atoms with Crippen LogP contribution in [0.15, 0.2) is 47.0 Å². The van der Waals surface area contributed by atoms with Gasteiger partial charge in [-0.1, -0.05) is 67.3 Å². The molecule has 29 heavy (non-hydrogen) atoms. The molecule has 0 fully saturated rings. The molecule has 0 radical (unpaired) electrons. The van der Waals surface area contributed by atoms with Crippen molar-refractivity contribution in [2.45, 2.75) is 33.1 Å². The Balaban J connectivity index is 2.03. The highest BCUT2D eigenvalue weighted by Gasteiger charge is 2.27. The van der Waals surface area contributed by atoms with Crippen molar-refractivity contribution in [2.75, 3.05) is 10.4 Å². The van der Waals surface area contributed by atoms with Gasteiger partial charge in [0.05, 0.1) is 15.7 Å². The molecule has 0 aliphatic heterocycles. The smallest absolute Gasteiger partial charge is 0.338 e. The Hall–Kier alpha value is -2.70. The van der Waals surface area contributed by atoms with Crippen LogP contribution in [0.4, 0.5) is 16.2 Å². The van der Waals surface area contributed by atoms with Gasteiger partial charge in [0.2, 0.25) is 0 Å². The van der Waals surface area contributed by atoms with E-state index >= 15 is 0 Å². The molecule has 2 aromatic carbocycles. The van der Waals surface area contributed by atoms with E-state index in [9.17, 15) is 4.79 Å². The summed E-state index contributed by atoms with van der Waals surface area (Å²) < 4.78 is 5.34. The number of aromatic nitrogens is 1. The van der Waals surface area contributed by atoms with Gasteiger partial charge < -0.3 is 10.3 Å². The Morgan fingerprint density at radius 3 is 2.21 bits per heavy atom. The number of rotatable bonds is 4. The van der Waals surface area contributed by atoms with Crippen molar-refractivity contribution >= 4 is 40.6 Å². The zero-order chi connectivity index (χ0) is 21.3. The lowest BCUT2D eigenvalue weighted by Gasteiger charge is -2.24. The van der Waals surface area contributed by atoms with Gasteiger partial charge in [0.15, 0.2) is 5.76 Å². The van der Waals surface area contributed by atoms with Crippen molar-refractivity contribution in [3.63, 3.8) is 0 Å². The van der Waals surface area contributed by atoms with Crippen LogP contribution in [0.3, 0.4) is 0 Å². The molecule has 0 saturated heterocycles. The first-order valence-corrected chi connectivity index (χ1v) is 9.72. The minimum absolute atomic E-state index is 0.0148. The molecule has 8 heteroatoms. The standard InChI is InChI=1S/C21H22Cl2N4O2/c1-12-19(18(26-29-12)17-15(22)6-5-7-16(17)23)27(20(24)28)25-14-10-8-13(9-11-14)21(2,3)4/h5-11,25H,1-4H3,(H2,24,28). The second kappa shape index (κ2) is 7.97. The summed E-state index contributed by atoms with van der Waals surface area (Å²) in [5, 5.41) is 6.00. The number of hydrogen-bond donors (Lipinski definition) is 2. The lowest BCUT2D eigenvalue weighted by Crippen LogP contribution is -2.41. The molecule has 1 heterocycles. The Kier molecular flexibility index (Phi) is 5.78. The number of primary amides is 1. The van der Waals surface area contributed by atoms with Crippen molar-refractivity contribution < 1.29 is 9.32 Å². The largest absolute Gasteiger partial charge is 0.359 e. The van der Waals surface area contributed by atoms with Crippen molar-refractivity contribution in [1.82, 2.24) is 5.16 Å². The number of benzene rings is 2. The van der Waals surface area contributed by atoms with Crippen molar-refractivity contribution in [3.05, 3.63) is 63.8 Å². The van der Waals surface area contributed by atoms with Gasteiger partial charge in [0, 0.05) is 5.56 Å².